The fraction of sp³-hybridized carbons (Fsp3) is 0.276. The van der Waals surface area contributed by atoms with E-state index >= 15 is 8.78 Å². The lowest BCUT2D eigenvalue weighted by Gasteiger charge is -2.40. The lowest BCUT2D eigenvalue weighted by Crippen LogP contribution is -2.54. The molecule has 1 saturated heterocycles. The molecule has 0 spiro atoms. The first kappa shape index (κ1) is 30.2. The maximum atomic E-state index is 15.9. The van der Waals surface area contributed by atoms with E-state index in [1.807, 2.05) is 6.92 Å². The van der Waals surface area contributed by atoms with Gasteiger partial charge in [-0.2, -0.15) is 4.98 Å². The summed E-state index contributed by atoms with van der Waals surface area (Å²) < 4.78 is 57.6. The summed E-state index contributed by atoms with van der Waals surface area (Å²) >= 11 is 6.27. The number of nitrogens with zero attached hydrogens (tertiary/aromatic N) is 6. The van der Waals surface area contributed by atoms with Crippen molar-refractivity contribution in [2.45, 2.75) is 31.3 Å². The van der Waals surface area contributed by atoms with Crippen LogP contribution < -0.4 is 10.6 Å². The van der Waals surface area contributed by atoms with Crippen LogP contribution in [0.5, 0.6) is 0 Å². The highest BCUT2D eigenvalue weighted by atomic mass is 35.5. The average Bonchev–Trinajstić information content (AvgIpc) is 2.96. The lowest BCUT2D eigenvalue weighted by molar-refractivity contribution is -0.126. The summed E-state index contributed by atoms with van der Waals surface area (Å²) in [5.41, 5.74) is -1.52. The van der Waals surface area contributed by atoms with Crippen molar-refractivity contribution in [2.24, 2.45) is 0 Å². The maximum absolute atomic E-state index is 15.9. The summed E-state index contributed by atoms with van der Waals surface area (Å²) in [5.74, 6) is -1.96. The minimum atomic E-state index is -3.98. The van der Waals surface area contributed by atoms with E-state index in [2.05, 4.69) is 21.5 Å². The quantitative estimate of drug-likeness (QED) is 0.295. The van der Waals surface area contributed by atoms with Gasteiger partial charge in [-0.1, -0.05) is 31.2 Å². The van der Waals surface area contributed by atoms with Gasteiger partial charge in [0.2, 0.25) is 5.91 Å². The molecule has 224 valence electrons. The van der Waals surface area contributed by atoms with Gasteiger partial charge in [0.15, 0.2) is 26.3 Å². The molecule has 43 heavy (non-hydrogen) atoms. The summed E-state index contributed by atoms with van der Waals surface area (Å²) in [6, 6.07) is 6.11. The monoisotopic (exact) mass is 628 g/mol. The van der Waals surface area contributed by atoms with E-state index in [1.165, 1.54) is 24.4 Å². The van der Waals surface area contributed by atoms with E-state index < -0.39 is 37.9 Å². The summed E-state index contributed by atoms with van der Waals surface area (Å²) in [7, 11) is -3.98. The number of carbonyl (C=O) groups excluding carboxylic acids is 1. The molecule has 4 heterocycles. The second-order valence-corrected chi connectivity index (χ2v) is 12.5. The molecule has 0 unspecified atom stereocenters. The van der Waals surface area contributed by atoms with Crippen molar-refractivity contribution in [3.05, 3.63) is 81.9 Å². The van der Waals surface area contributed by atoms with Crippen molar-refractivity contribution in [3.63, 3.8) is 0 Å². The zero-order valence-electron chi connectivity index (χ0n) is 23.5. The second kappa shape index (κ2) is 11.5. The van der Waals surface area contributed by atoms with Crippen molar-refractivity contribution in [2.75, 3.05) is 30.8 Å². The van der Waals surface area contributed by atoms with E-state index in [0.29, 0.717) is 12.0 Å². The average molecular weight is 629 g/mol. The number of pyridine rings is 2. The summed E-state index contributed by atoms with van der Waals surface area (Å²) in [6.45, 7) is 7.91. The fourth-order valence-electron chi connectivity index (χ4n) is 5.30. The number of sulfone groups is 1. The number of carbonyl (C=O) groups is 1. The summed E-state index contributed by atoms with van der Waals surface area (Å²) in [4.78, 5) is 42.3. The highest BCUT2D eigenvalue weighted by molar-refractivity contribution is 7.90. The number of aryl methyl sites for hydroxylation is 1. The molecule has 1 fully saturated rings. The first-order valence-electron chi connectivity index (χ1n) is 13.3. The number of hydrogen-bond acceptors (Lipinski definition) is 8. The number of piperazine rings is 1. The van der Waals surface area contributed by atoms with E-state index in [9.17, 15) is 18.0 Å². The van der Waals surface area contributed by atoms with Crippen LogP contribution in [0, 0.1) is 11.6 Å². The molecule has 0 radical (unpaired) electrons. The maximum Gasteiger partial charge on any atom is 0.355 e. The number of rotatable bonds is 6. The number of anilines is 1. The number of hydrogen-bond donors (Lipinski definition) is 0. The fourth-order valence-corrected chi connectivity index (χ4v) is 6.37. The van der Waals surface area contributed by atoms with Gasteiger partial charge < -0.3 is 9.80 Å². The first-order chi connectivity index (χ1) is 20.4. The standard InChI is InChI=1S/C29H27ClF2N6O4S/c1-5-17-10-11-33-28(43(4,41)42)25(17)38-27-18(14-21(32)24(34-27)23-19(30)8-7-9-20(23)31)26(35-29(38)40)37-13-12-36(15-16(37)3)22(39)6-2/h6-11,14,16H,2,5,12-13,15H2,1,3-4H3/t16-/m0/s1. The minimum Gasteiger partial charge on any atom is -0.350 e. The van der Waals surface area contributed by atoms with Crippen LogP contribution in [0.3, 0.4) is 0 Å². The van der Waals surface area contributed by atoms with Crippen LogP contribution in [-0.4, -0.2) is 70.7 Å². The van der Waals surface area contributed by atoms with Crippen LogP contribution in [0.1, 0.15) is 19.4 Å². The van der Waals surface area contributed by atoms with Gasteiger partial charge in [-0.15, -0.1) is 0 Å². The van der Waals surface area contributed by atoms with Crippen molar-refractivity contribution < 1.29 is 22.0 Å². The minimum absolute atomic E-state index is 0.0639. The molecule has 0 bridgehead atoms. The molecule has 1 aliphatic heterocycles. The molecular weight excluding hydrogens is 602 g/mol. The second-order valence-electron chi connectivity index (χ2n) is 10.1. The zero-order valence-corrected chi connectivity index (χ0v) is 25.1. The zero-order chi connectivity index (χ0) is 31.2. The molecule has 4 aromatic rings. The van der Waals surface area contributed by atoms with E-state index in [-0.39, 0.29) is 64.7 Å². The largest absolute Gasteiger partial charge is 0.355 e. The van der Waals surface area contributed by atoms with Crippen LogP contribution in [0.25, 0.3) is 28.0 Å². The molecule has 0 saturated carbocycles. The normalized spacial score (nSPS) is 15.6. The van der Waals surface area contributed by atoms with Gasteiger partial charge in [-0.25, -0.2) is 36.5 Å². The molecular formula is C29H27ClF2N6O4S. The SMILES string of the molecule is C=CC(=O)N1CCN(c2nc(=O)n(-c3c(CC)ccnc3S(C)(=O)=O)c3nc(-c4c(F)cccc4Cl)c(F)cc23)[C@@H](C)C1. The number of benzene rings is 1. The van der Waals surface area contributed by atoms with Crippen LogP contribution in [0.2, 0.25) is 5.02 Å². The van der Waals surface area contributed by atoms with E-state index in [4.69, 9.17) is 11.6 Å². The van der Waals surface area contributed by atoms with Crippen molar-refractivity contribution in [3.8, 4) is 16.9 Å². The third-order valence-electron chi connectivity index (χ3n) is 7.32. The predicted molar refractivity (Wildman–Crippen MR) is 159 cm³/mol. The Bertz CT molecular complexity index is 1950. The molecule has 1 amide bonds. The van der Waals surface area contributed by atoms with Crippen LogP contribution >= 0.6 is 11.6 Å². The molecule has 5 rings (SSSR count). The Labute approximate surface area is 251 Å². The van der Waals surface area contributed by atoms with Gasteiger partial charge in [0.1, 0.15) is 17.3 Å². The van der Waals surface area contributed by atoms with E-state index in [0.717, 1.165) is 23.0 Å². The van der Waals surface area contributed by atoms with Gasteiger partial charge in [0.25, 0.3) is 0 Å². The number of fused-ring (bicyclic) bond motifs is 1. The van der Waals surface area contributed by atoms with Crippen molar-refractivity contribution in [1.82, 2.24) is 24.4 Å². The van der Waals surface area contributed by atoms with Crippen molar-refractivity contribution in [1.29, 1.82) is 0 Å². The molecule has 0 N–H and O–H groups in total. The third kappa shape index (κ3) is 5.38. The Hall–Kier alpha value is -4.23. The molecule has 10 nitrogen and oxygen atoms in total. The first-order valence-corrected chi connectivity index (χ1v) is 15.6. The number of amides is 1. The van der Waals surface area contributed by atoms with Crippen LogP contribution in [-0.2, 0) is 21.1 Å². The molecule has 3 aromatic heterocycles. The number of aromatic nitrogens is 4. The summed E-state index contributed by atoms with van der Waals surface area (Å²) in [6.07, 6.45) is 3.79. The Morgan fingerprint density at radius 3 is 2.56 bits per heavy atom. The summed E-state index contributed by atoms with van der Waals surface area (Å²) in [5, 5.41) is -0.446. The van der Waals surface area contributed by atoms with Crippen LogP contribution in [0.15, 0.2) is 59.0 Å². The van der Waals surface area contributed by atoms with Gasteiger partial charge in [-0.3, -0.25) is 4.79 Å². The Balaban J connectivity index is 1.88. The third-order valence-corrected chi connectivity index (χ3v) is 8.63. The van der Waals surface area contributed by atoms with Gasteiger partial charge in [0, 0.05) is 38.1 Å². The Morgan fingerprint density at radius 2 is 1.93 bits per heavy atom. The molecule has 1 atom stereocenters. The van der Waals surface area contributed by atoms with Gasteiger partial charge in [-0.05, 0) is 49.2 Å². The van der Waals surface area contributed by atoms with E-state index in [1.54, 1.807) is 22.8 Å². The highest BCUT2D eigenvalue weighted by Gasteiger charge is 2.31. The molecule has 0 aliphatic carbocycles. The lowest BCUT2D eigenvalue weighted by atomic mass is 10.1. The number of halogens is 3. The highest BCUT2D eigenvalue weighted by Crippen LogP contribution is 2.36. The molecule has 1 aromatic carbocycles. The van der Waals surface area contributed by atoms with Gasteiger partial charge >= 0.3 is 5.69 Å². The van der Waals surface area contributed by atoms with Crippen LogP contribution in [0.4, 0.5) is 14.6 Å². The predicted octanol–water partition coefficient (Wildman–Crippen LogP) is 3.96. The Morgan fingerprint density at radius 1 is 1.19 bits per heavy atom. The Kier molecular flexibility index (Phi) is 8.05. The molecule has 1 aliphatic rings. The van der Waals surface area contributed by atoms with Gasteiger partial charge in [0.05, 0.1) is 21.7 Å². The van der Waals surface area contributed by atoms with Crippen molar-refractivity contribution >= 4 is 44.2 Å². The smallest absolute Gasteiger partial charge is 0.350 e. The topological polar surface area (TPSA) is 118 Å². The molecule has 14 heteroatoms.